The standard InChI is InChI=1S/C26H23F2N3O3/c1-3-33-24-14-17(8-9-23(24)34-26(27)28)16-31(2)25(32)20-15-22(18-10-12-29-13-11-18)30-21-7-5-4-6-19(20)21/h4-15,26H,3,16H2,1-2H3. The third kappa shape index (κ3) is 5.11. The normalized spacial score (nSPS) is 11.0. The molecule has 0 aliphatic rings. The molecule has 2 aromatic heterocycles. The first kappa shape index (κ1) is 23.1. The molecule has 0 N–H and O–H groups in total. The number of hydrogen-bond donors (Lipinski definition) is 0. The van der Waals surface area contributed by atoms with Crippen LogP contribution >= 0.6 is 0 Å². The number of carbonyl (C=O) groups excluding carboxylic acids is 1. The largest absolute Gasteiger partial charge is 0.490 e. The SMILES string of the molecule is CCOc1cc(CN(C)C(=O)c2cc(-c3ccncc3)nc3ccccc23)ccc1OC(F)F. The molecule has 0 aliphatic heterocycles. The number of amides is 1. The second kappa shape index (κ2) is 10.2. The summed E-state index contributed by atoms with van der Waals surface area (Å²) in [7, 11) is 1.69. The number of nitrogens with zero attached hydrogens (tertiary/aromatic N) is 3. The van der Waals surface area contributed by atoms with Gasteiger partial charge in [-0.05, 0) is 48.9 Å². The Morgan fingerprint density at radius 1 is 1.03 bits per heavy atom. The second-order valence-corrected chi connectivity index (χ2v) is 7.56. The van der Waals surface area contributed by atoms with Gasteiger partial charge in [0, 0.05) is 36.9 Å². The molecular formula is C26H23F2N3O3. The Morgan fingerprint density at radius 2 is 1.79 bits per heavy atom. The van der Waals surface area contributed by atoms with Crippen LogP contribution < -0.4 is 9.47 Å². The Kier molecular flexibility index (Phi) is 6.96. The number of halogens is 2. The first-order valence-corrected chi connectivity index (χ1v) is 10.7. The van der Waals surface area contributed by atoms with Gasteiger partial charge in [-0.3, -0.25) is 9.78 Å². The molecule has 2 heterocycles. The summed E-state index contributed by atoms with van der Waals surface area (Å²) >= 11 is 0. The van der Waals surface area contributed by atoms with Crippen LogP contribution in [0.25, 0.3) is 22.2 Å². The molecule has 0 saturated carbocycles. The van der Waals surface area contributed by atoms with Crippen molar-refractivity contribution in [2.24, 2.45) is 0 Å². The van der Waals surface area contributed by atoms with Crippen molar-refractivity contribution in [2.75, 3.05) is 13.7 Å². The Labute approximate surface area is 195 Å². The van der Waals surface area contributed by atoms with Gasteiger partial charge >= 0.3 is 6.61 Å². The molecule has 0 saturated heterocycles. The predicted molar refractivity (Wildman–Crippen MR) is 125 cm³/mol. The fourth-order valence-corrected chi connectivity index (χ4v) is 3.69. The summed E-state index contributed by atoms with van der Waals surface area (Å²) in [6.45, 7) is -0.666. The smallest absolute Gasteiger partial charge is 0.387 e. The molecular weight excluding hydrogens is 440 g/mol. The monoisotopic (exact) mass is 463 g/mol. The zero-order chi connectivity index (χ0) is 24.1. The second-order valence-electron chi connectivity index (χ2n) is 7.56. The van der Waals surface area contributed by atoms with Crippen LogP contribution in [-0.2, 0) is 6.54 Å². The molecule has 8 heteroatoms. The average molecular weight is 463 g/mol. The number of alkyl halides is 2. The highest BCUT2D eigenvalue weighted by Crippen LogP contribution is 2.31. The highest BCUT2D eigenvalue weighted by Gasteiger charge is 2.19. The number of benzene rings is 2. The summed E-state index contributed by atoms with van der Waals surface area (Å²) in [5.74, 6) is -0.0352. The fraction of sp³-hybridized carbons (Fsp3) is 0.192. The lowest BCUT2D eigenvalue weighted by atomic mass is 10.0. The molecule has 34 heavy (non-hydrogen) atoms. The topological polar surface area (TPSA) is 64.5 Å². The van der Waals surface area contributed by atoms with E-state index in [1.54, 1.807) is 49.5 Å². The van der Waals surface area contributed by atoms with Gasteiger partial charge < -0.3 is 14.4 Å². The van der Waals surface area contributed by atoms with E-state index >= 15 is 0 Å². The van der Waals surface area contributed by atoms with Crippen LogP contribution in [0.1, 0.15) is 22.8 Å². The number of carbonyl (C=O) groups is 1. The zero-order valence-electron chi connectivity index (χ0n) is 18.7. The summed E-state index contributed by atoms with van der Waals surface area (Å²) in [5, 5.41) is 0.743. The van der Waals surface area contributed by atoms with Crippen LogP contribution in [0.5, 0.6) is 11.5 Å². The highest BCUT2D eigenvalue weighted by atomic mass is 19.3. The minimum Gasteiger partial charge on any atom is -0.490 e. The van der Waals surface area contributed by atoms with Gasteiger partial charge in [-0.25, -0.2) is 4.98 Å². The molecule has 0 aliphatic carbocycles. The Bertz CT molecular complexity index is 1300. The minimum absolute atomic E-state index is 0.0447. The molecule has 0 unspecified atom stereocenters. The van der Waals surface area contributed by atoms with E-state index < -0.39 is 6.61 Å². The fourth-order valence-electron chi connectivity index (χ4n) is 3.69. The van der Waals surface area contributed by atoms with Crippen molar-refractivity contribution in [3.63, 3.8) is 0 Å². The van der Waals surface area contributed by atoms with E-state index in [1.807, 2.05) is 36.4 Å². The quantitative estimate of drug-likeness (QED) is 0.342. The van der Waals surface area contributed by atoms with Crippen LogP contribution in [0, 0.1) is 0 Å². The maximum absolute atomic E-state index is 13.5. The Balaban J connectivity index is 1.65. The van der Waals surface area contributed by atoms with Gasteiger partial charge in [0.15, 0.2) is 11.5 Å². The van der Waals surface area contributed by atoms with Gasteiger partial charge in [0.2, 0.25) is 0 Å². The lowest BCUT2D eigenvalue weighted by molar-refractivity contribution is -0.0514. The molecule has 1 amide bonds. The molecule has 2 aromatic carbocycles. The molecule has 0 spiro atoms. The van der Waals surface area contributed by atoms with Crippen LogP contribution in [0.3, 0.4) is 0 Å². The zero-order valence-corrected chi connectivity index (χ0v) is 18.7. The molecule has 0 fully saturated rings. The van der Waals surface area contributed by atoms with E-state index in [-0.39, 0.29) is 24.0 Å². The van der Waals surface area contributed by atoms with Gasteiger partial charge in [-0.15, -0.1) is 0 Å². The molecule has 4 aromatic rings. The van der Waals surface area contributed by atoms with Crippen LogP contribution in [0.4, 0.5) is 8.78 Å². The Hall–Kier alpha value is -4.07. The van der Waals surface area contributed by atoms with Crippen LogP contribution in [0.2, 0.25) is 0 Å². The number of hydrogen-bond acceptors (Lipinski definition) is 5. The van der Waals surface area contributed by atoms with Crippen LogP contribution in [0.15, 0.2) is 73.1 Å². The van der Waals surface area contributed by atoms with Crippen LogP contribution in [-0.4, -0.2) is 41.0 Å². The van der Waals surface area contributed by atoms with Gasteiger partial charge in [0.25, 0.3) is 5.91 Å². The Morgan fingerprint density at radius 3 is 2.53 bits per heavy atom. The number of rotatable bonds is 8. The summed E-state index contributed by atoms with van der Waals surface area (Å²) in [4.78, 5) is 23.8. The minimum atomic E-state index is -2.95. The number of para-hydroxylation sites is 1. The molecule has 174 valence electrons. The molecule has 0 atom stereocenters. The summed E-state index contributed by atoms with van der Waals surface area (Å²) in [5.41, 5.74) is 3.47. The summed E-state index contributed by atoms with van der Waals surface area (Å²) in [6.07, 6.45) is 3.36. The van der Waals surface area contributed by atoms with Crippen molar-refractivity contribution in [3.05, 3.63) is 84.2 Å². The third-order valence-electron chi connectivity index (χ3n) is 5.21. The molecule has 0 radical (unpaired) electrons. The number of fused-ring (bicyclic) bond motifs is 1. The van der Waals surface area contributed by atoms with Crippen molar-refractivity contribution >= 4 is 16.8 Å². The average Bonchev–Trinajstić information content (AvgIpc) is 2.85. The first-order chi connectivity index (χ1) is 16.5. The maximum atomic E-state index is 13.5. The van der Waals surface area contributed by atoms with Crippen molar-refractivity contribution in [1.82, 2.24) is 14.9 Å². The first-order valence-electron chi connectivity index (χ1n) is 10.7. The lowest BCUT2D eigenvalue weighted by Gasteiger charge is -2.20. The predicted octanol–water partition coefficient (Wildman–Crippen LogP) is 5.57. The lowest BCUT2D eigenvalue weighted by Crippen LogP contribution is -2.26. The number of aromatic nitrogens is 2. The molecule has 6 nitrogen and oxygen atoms in total. The summed E-state index contributed by atoms with van der Waals surface area (Å²) < 4.78 is 35.4. The highest BCUT2D eigenvalue weighted by molar-refractivity contribution is 6.07. The van der Waals surface area contributed by atoms with E-state index in [1.165, 1.54) is 6.07 Å². The van der Waals surface area contributed by atoms with Crippen molar-refractivity contribution in [2.45, 2.75) is 20.1 Å². The van der Waals surface area contributed by atoms with Crippen molar-refractivity contribution in [3.8, 4) is 22.8 Å². The van der Waals surface area contributed by atoms with E-state index in [0.29, 0.717) is 28.9 Å². The maximum Gasteiger partial charge on any atom is 0.387 e. The van der Waals surface area contributed by atoms with Crippen molar-refractivity contribution in [1.29, 1.82) is 0 Å². The third-order valence-corrected chi connectivity index (χ3v) is 5.21. The van der Waals surface area contributed by atoms with E-state index in [9.17, 15) is 13.6 Å². The molecule has 4 rings (SSSR count). The van der Waals surface area contributed by atoms with E-state index in [0.717, 1.165) is 10.9 Å². The van der Waals surface area contributed by atoms with Gasteiger partial charge in [-0.1, -0.05) is 24.3 Å². The van der Waals surface area contributed by atoms with E-state index in [4.69, 9.17) is 9.72 Å². The van der Waals surface area contributed by atoms with Gasteiger partial charge in [0.1, 0.15) is 0 Å². The summed E-state index contributed by atoms with van der Waals surface area (Å²) in [6, 6.07) is 17.6. The molecule has 0 bridgehead atoms. The van der Waals surface area contributed by atoms with Gasteiger partial charge in [0.05, 0.1) is 23.4 Å². The van der Waals surface area contributed by atoms with Gasteiger partial charge in [-0.2, -0.15) is 8.78 Å². The number of ether oxygens (including phenoxy) is 2. The van der Waals surface area contributed by atoms with Crippen molar-refractivity contribution < 1.29 is 23.0 Å². The van der Waals surface area contributed by atoms with E-state index in [2.05, 4.69) is 9.72 Å². The number of pyridine rings is 2.